The van der Waals surface area contributed by atoms with E-state index in [1.54, 1.807) is 19.2 Å². The van der Waals surface area contributed by atoms with Crippen LogP contribution in [0.1, 0.15) is 37.0 Å². The Balaban J connectivity index is 3.14. The van der Waals surface area contributed by atoms with E-state index in [1.165, 1.54) is 0 Å². The summed E-state index contributed by atoms with van der Waals surface area (Å²) in [5, 5.41) is 0.647. The van der Waals surface area contributed by atoms with Crippen molar-refractivity contribution in [2.75, 3.05) is 25.2 Å². The van der Waals surface area contributed by atoms with E-state index in [-0.39, 0.29) is 0 Å². The first kappa shape index (κ1) is 16.0. The number of nitrogens with zero attached hydrogens (tertiary/aromatic N) is 1. The second-order valence-electron chi connectivity index (χ2n) is 4.48. The maximum absolute atomic E-state index is 11.2. The van der Waals surface area contributed by atoms with Crippen molar-refractivity contribution in [3.8, 4) is 0 Å². The summed E-state index contributed by atoms with van der Waals surface area (Å²) < 4.78 is 5.17. The van der Waals surface area contributed by atoms with Gasteiger partial charge in [-0.3, -0.25) is 4.79 Å². The Kier molecular flexibility index (Phi) is 6.89. The highest BCUT2D eigenvalue weighted by Gasteiger charge is 2.18. The predicted octanol–water partition coefficient (Wildman–Crippen LogP) is 3.79. The number of hydrogen-bond donors (Lipinski definition) is 0. The molecular weight excluding hydrogens is 262 g/mol. The number of rotatable bonds is 8. The third-order valence-electron chi connectivity index (χ3n) is 3.35. The molecule has 0 amide bonds. The van der Waals surface area contributed by atoms with E-state index < -0.39 is 0 Å². The fraction of sp³-hybridized carbons (Fsp3) is 0.533. The second kappa shape index (κ2) is 8.18. The molecular formula is C15H22ClNO2. The van der Waals surface area contributed by atoms with Crippen LogP contribution < -0.4 is 4.90 Å². The van der Waals surface area contributed by atoms with Crippen molar-refractivity contribution in [3.63, 3.8) is 0 Å². The maximum atomic E-state index is 11.2. The third kappa shape index (κ3) is 4.22. The van der Waals surface area contributed by atoms with Crippen LogP contribution in [0.5, 0.6) is 0 Å². The van der Waals surface area contributed by atoms with Gasteiger partial charge in [0.2, 0.25) is 0 Å². The summed E-state index contributed by atoms with van der Waals surface area (Å²) in [6, 6.07) is 5.76. The van der Waals surface area contributed by atoms with Crippen LogP contribution in [0, 0.1) is 0 Å². The summed E-state index contributed by atoms with van der Waals surface area (Å²) in [5.74, 6) is 0. The largest absolute Gasteiger partial charge is 0.383 e. The Morgan fingerprint density at radius 1 is 1.37 bits per heavy atom. The predicted molar refractivity (Wildman–Crippen MR) is 80.4 cm³/mol. The minimum Gasteiger partial charge on any atom is -0.383 e. The van der Waals surface area contributed by atoms with Crippen molar-refractivity contribution < 1.29 is 9.53 Å². The molecule has 1 aromatic carbocycles. The summed E-state index contributed by atoms with van der Waals surface area (Å²) in [4.78, 5) is 13.4. The van der Waals surface area contributed by atoms with Crippen LogP contribution in [0.4, 0.5) is 5.69 Å². The van der Waals surface area contributed by atoms with Gasteiger partial charge in [-0.05, 0) is 31.0 Å². The fourth-order valence-electron chi connectivity index (χ4n) is 2.28. The molecule has 3 nitrogen and oxygen atoms in total. The molecule has 0 saturated heterocycles. The summed E-state index contributed by atoms with van der Waals surface area (Å²) in [6.07, 6.45) is 2.92. The second-order valence-corrected chi connectivity index (χ2v) is 4.91. The summed E-state index contributed by atoms with van der Waals surface area (Å²) in [5.41, 5.74) is 1.57. The molecule has 4 heteroatoms. The van der Waals surface area contributed by atoms with Gasteiger partial charge in [0.05, 0.1) is 6.61 Å². The number of methoxy groups -OCH3 is 1. The number of benzene rings is 1. The molecule has 0 saturated carbocycles. The van der Waals surface area contributed by atoms with Crippen LogP contribution in [-0.4, -0.2) is 32.6 Å². The van der Waals surface area contributed by atoms with Gasteiger partial charge in [-0.1, -0.05) is 25.4 Å². The van der Waals surface area contributed by atoms with Crippen molar-refractivity contribution in [2.45, 2.75) is 32.7 Å². The molecule has 0 aliphatic rings. The minimum atomic E-state index is 0.382. The topological polar surface area (TPSA) is 29.5 Å². The van der Waals surface area contributed by atoms with E-state index in [2.05, 4.69) is 18.7 Å². The monoisotopic (exact) mass is 283 g/mol. The van der Waals surface area contributed by atoms with Gasteiger partial charge in [0.25, 0.3) is 0 Å². The fourth-order valence-corrected chi connectivity index (χ4v) is 2.45. The number of halogens is 1. The van der Waals surface area contributed by atoms with Crippen molar-refractivity contribution in [2.24, 2.45) is 0 Å². The molecule has 0 radical (unpaired) electrons. The first-order valence-corrected chi connectivity index (χ1v) is 7.06. The van der Waals surface area contributed by atoms with Crippen molar-refractivity contribution >= 4 is 23.6 Å². The lowest BCUT2D eigenvalue weighted by atomic mass is 10.1. The number of hydrogen-bond acceptors (Lipinski definition) is 3. The van der Waals surface area contributed by atoms with Crippen molar-refractivity contribution in [3.05, 3.63) is 28.8 Å². The van der Waals surface area contributed by atoms with Crippen LogP contribution in [0.2, 0.25) is 5.02 Å². The lowest BCUT2D eigenvalue weighted by Gasteiger charge is -2.33. The molecule has 0 N–H and O–H groups in total. The van der Waals surface area contributed by atoms with Crippen LogP contribution in [0.15, 0.2) is 18.2 Å². The molecule has 0 atom stereocenters. The summed E-state index contributed by atoms with van der Waals surface area (Å²) >= 11 is 6.07. The molecule has 0 spiro atoms. The average molecular weight is 284 g/mol. The molecule has 19 heavy (non-hydrogen) atoms. The molecule has 0 heterocycles. The Labute approximate surface area is 120 Å². The van der Waals surface area contributed by atoms with Gasteiger partial charge in [0.1, 0.15) is 0 Å². The van der Waals surface area contributed by atoms with Crippen LogP contribution in [0.3, 0.4) is 0 Å². The van der Waals surface area contributed by atoms with Crippen LogP contribution >= 0.6 is 11.6 Å². The average Bonchev–Trinajstić information content (AvgIpc) is 2.43. The zero-order chi connectivity index (χ0) is 14.3. The lowest BCUT2D eigenvalue weighted by molar-refractivity contribution is 0.112. The first-order chi connectivity index (χ1) is 9.17. The van der Waals surface area contributed by atoms with E-state index in [9.17, 15) is 4.79 Å². The molecule has 0 unspecified atom stereocenters. The normalized spacial score (nSPS) is 10.8. The van der Waals surface area contributed by atoms with Crippen molar-refractivity contribution in [1.29, 1.82) is 0 Å². The first-order valence-electron chi connectivity index (χ1n) is 6.68. The van der Waals surface area contributed by atoms with Crippen LogP contribution in [0.25, 0.3) is 0 Å². The number of carbonyl (C=O) groups is 1. The Bertz CT molecular complexity index is 405. The number of ether oxygens (including phenoxy) is 1. The van der Waals surface area contributed by atoms with E-state index in [1.807, 2.05) is 6.07 Å². The van der Waals surface area contributed by atoms with Gasteiger partial charge < -0.3 is 9.64 Å². The van der Waals surface area contributed by atoms with Gasteiger partial charge >= 0.3 is 0 Å². The number of carbonyl (C=O) groups excluding carboxylic acids is 1. The smallest absolute Gasteiger partial charge is 0.152 e. The van der Waals surface area contributed by atoms with Crippen molar-refractivity contribution in [1.82, 2.24) is 0 Å². The molecule has 1 aromatic rings. The molecule has 0 aliphatic carbocycles. The molecule has 0 aromatic heterocycles. The van der Waals surface area contributed by atoms with E-state index in [0.717, 1.165) is 31.4 Å². The van der Waals surface area contributed by atoms with Gasteiger partial charge in [-0.2, -0.15) is 0 Å². The standard InChI is InChI=1S/C15H22ClNO2/c1-4-14(5-2)17(8-9-19-3)15-10-13(16)7-6-12(15)11-18/h6-7,10-11,14H,4-5,8-9H2,1-3H3. The van der Waals surface area contributed by atoms with E-state index >= 15 is 0 Å². The maximum Gasteiger partial charge on any atom is 0.152 e. The third-order valence-corrected chi connectivity index (χ3v) is 3.58. The molecule has 0 bridgehead atoms. The highest BCUT2D eigenvalue weighted by atomic mass is 35.5. The quantitative estimate of drug-likeness (QED) is 0.680. The Hall–Kier alpha value is -1.06. The summed E-state index contributed by atoms with van der Waals surface area (Å²) in [6.45, 7) is 5.68. The zero-order valence-electron chi connectivity index (χ0n) is 11.9. The lowest BCUT2D eigenvalue weighted by Crippen LogP contribution is -2.37. The zero-order valence-corrected chi connectivity index (χ0v) is 12.6. The SMILES string of the molecule is CCC(CC)N(CCOC)c1cc(Cl)ccc1C=O. The highest BCUT2D eigenvalue weighted by Crippen LogP contribution is 2.27. The van der Waals surface area contributed by atoms with E-state index in [4.69, 9.17) is 16.3 Å². The molecule has 1 rings (SSSR count). The van der Waals surface area contributed by atoms with Gasteiger partial charge in [0, 0.05) is 36.0 Å². The van der Waals surface area contributed by atoms with Gasteiger partial charge in [0.15, 0.2) is 6.29 Å². The number of aldehydes is 1. The highest BCUT2D eigenvalue weighted by molar-refractivity contribution is 6.31. The van der Waals surface area contributed by atoms with Gasteiger partial charge in [-0.25, -0.2) is 0 Å². The summed E-state index contributed by atoms with van der Waals surface area (Å²) in [7, 11) is 1.68. The molecule has 0 aliphatic heterocycles. The Morgan fingerprint density at radius 3 is 2.58 bits per heavy atom. The van der Waals surface area contributed by atoms with Crippen LogP contribution in [-0.2, 0) is 4.74 Å². The van der Waals surface area contributed by atoms with E-state index in [0.29, 0.717) is 23.2 Å². The Morgan fingerprint density at radius 2 is 2.05 bits per heavy atom. The van der Waals surface area contributed by atoms with Gasteiger partial charge in [-0.15, -0.1) is 0 Å². The number of anilines is 1. The molecule has 106 valence electrons. The minimum absolute atomic E-state index is 0.382. The molecule has 0 fully saturated rings.